The molecule has 130 valence electrons. The Morgan fingerprint density at radius 3 is 2.56 bits per heavy atom. The summed E-state index contributed by atoms with van der Waals surface area (Å²) in [6, 6.07) is 11.4. The molecule has 2 fully saturated rings. The number of rotatable bonds is 4. The van der Waals surface area contributed by atoms with Gasteiger partial charge in [-0.25, -0.2) is 0 Å². The van der Waals surface area contributed by atoms with Crippen LogP contribution in [0.15, 0.2) is 54.3 Å². The molecule has 1 N–H and O–H groups in total. The smallest absolute Gasteiger partial charge is 0.0455 e. The lowest BCUT2D eigenvalue weighted by atomic mass is 9.95. The normalized spacial score (nSPS) is 24.6. The Balaban J connectivity index is 1.42. The molecular weight excluding hydrogens is 304 g/mol. The summed E-state index contributed by atoms with van der Waals surface area (Å²) < 4.78 is 0. The van der Waals surface area contributed by atoms with Crippen molar-refractivity contribution >= 4 is 0 Å². The second-order valence-electron chi connectivity index (χ2n) is 7.87. The maximum absolute atomic E-state index is 3.97. The molecule has 1 aliphatic heterocycles. The number of benzene rings is 1. The molecule has 1 aromatic rings. The predicted molar refractivity (Wildman–Crippen MR) is 104 cm³/mol. The number of hydrogen-bond donors (Lipinski definition) is 1. The first-order valence-electron chi connectivity index (χ1n) is 9.73. The number of nitrogens with zero attached hydrogens (tertiary/aromatic N) is 1. The fourth-order valence-corrected chi connectivity index (χ4v) is 4.08. The third kappa shape index (κ3) is 4.17. The molecule has 0 aromatic heterocycles. The SMILES string of the molecule is CC1C=C(C#Cc2ccccc2)C=CN1CC1(NC2CC2)CCCC1. The van der Waals surface area contributed by atoms with E-state index in [-0.39, 0.29) is 0 Å². The third-order valence-electron chi connectivity index (χ3n) is 5.65. The highest BCUT2D eigenvalue weighted by molar-refractivity contribution is 5.46. The van der Waals surface area contributed by atoms with E-state index in [0.717, 1.165) is 23.7 Å². The van der Waals surface area contributed by atoms with Gasteiger partial charge in [0, 0.05) is 41.5 Å². The second-order valence-corrected chi connectivity index (χ2v) is 7.87. The Kier molecular flexibility index (Phi) is 4.68. The van der Waals surface area contributed by atoms with Crippen molar-refractivity contribution in [2.45, 2.75) is 63.1 Å². The average Bonchev–Trinajstić information content (AvgIpc) is 3.32. The lowest BCUT2D eigenvalue weighted by Crippen LogP contribution is -2.53. The van der Waals surface area contributed by atoms with Gasteiger partial charge in [-0.2, -0.15) is 0 Å². The Bertz CT molecular complexity index is 709. The van der Waals surface area contributed by atoms with Crippen LogP contribution in [0.2, 0.25) is 0 Å². The van der Waals surface area contributed by atoms with Crippen LogP contribution in [0, 0.1) is 11.8 Å². The molecule has 1 atom stereocenters. The van der Waals surface area contributed by atoms with E-state index in [0.29, 0.717) is 11.6 Å². The Morgan fingerprint density at radius 1 is 1.12 bits per heavy atom. The fourth-order valence-electron chi connectivity index (χ4n) is 4.08. The molecule has 25 heavy (non-hydrogen) atoms. The van der Waals surface area contributed by atoms with Crippen LogP contribution in [0.1, 0.15) is 51.0 Å². The highest BCUT2D eigenvalue weighted by Gasteiger charge is 2.40. The van der Waals surface area contributed by atoms with Crippen molar-refractivity contribution in [3.8, 4) is 11.8 Å². The molecule has 1 unspecified atom stereocenters. The third-order valence-corrected chi connectivity index (χ3v) is 5.65. The van der Waals surface area contributed by atoms with Crippen molar-refractivity contribution in [1.29, 1.82) is 0 Å². The van der Waals surface area contributed by atoms with Gasteiger partial charge in [-0.05, 0) is 56.9 Å². The molecule has 1 aromatic carbocycles. The molecule has 1 heterocycles. The zero-order valence-corrected chi connectivity index (χ0v) is 15.2. The van der Waals surface area contributed by atoms with Crippen molar-refractivity contribution in [2.75, 3.05) is 6.54 Å². The monoisotopic (exact) mass is 332 g/mol. The van der Waals surface area contributed by atoms with Gasteiger partial charge in [0.15, 0.2) is 0 Å². The van der Waals surface area contributed by atoms with E-state index in [9.17, 15) is 0 Å². The highest BCUT2D eigenvalue weighted by Crippen LogP contribution is 2.35. The number of allylic oxidation sites excluding steroid dienone is 2. The van der Waals surface area contributed by atoms with Crippen LogP contribution in [-0.2, 0) is 0 Å². The average molecular weight is 332 g/mol. The highest BCUT2D eigenvalue weighted by atomic mass is 15.2. The molecule has 2 heteroatoms. The summed E-state index contributed by atoms with van der Waals surface area (Å²) in [7, 11) is 0. The van der Waals surface area contributed by atoms with Gasteiger partial charge in [0.25, 0.3) is 0 Å². The van der Waals surface area contributed by atoms with Crippen LogP contribution in [0.4, 0.5) is 0 Å². The van der Waals surface area contributed by atoms with Gasteiger partial charge in [0.1, 0.15) is 0 Å². The van der Waals surface area contributed by atoms with Gasteiger partial charge in [-0.15, -0.1) is 0 Å². The predicted octanol–water partition coefficient (Wildman–Crippen LogP) is 4.25. The minimum absolute atomic E-state index is 0.334. The van der Waals surface area contributed by atoms with E-state index in [4.69, 9.17) is 0 Å². The van der Waals surface area contributed by atoms with E-state index in [2.05, 4.69) is 59.5 Å². The van der Waals surface area contributed by atoms with Crippen molar-refractivity contribution in [3.05, 3.63) is 59.8 Å². The van der Waals surface area contributed by atoms with Crippen LogP contribution in [0.3, 0.4) is 0 Å². The lowest BCUT2D eigenvalue weighted by molar-refractivity contribution is 0.207. The minimum atomic E-state index is 0.334. The molecule has 2 aliphatic carbocycles. The zero-order chi connectivity index (χ0) is 17.1. The van der Waals surface area contributed by atoms with Crippen LogP contribution < -0.4 is 5.32 Å². The van der Waals surface area contributed by atoms with Gasteiger partial charge < -0.3 is 10.2 Å². The summed E-state index contributed by atoms with van der Waals surface area (Å²) in [5.74, 6) is 6.58. The van der Waals surface area contributed by atoms with E-state index in [1.165, 1.54) is 38.5 Å². The van der Waals surface area contributed by atoms with Crippen LogP contribution in [-0.4, -0.2) is 29.1 Å². The van der Waals surface area contributed by atoms with Crippen LogP contribution in [0.25, 0.3) is 0 Å². The summed E-state index contributed by atoms with van der Waals surface area (Å²) in [6.07, 6.45) is 14.9. The molecule has 4 rings (SSSR count). The summed E-state index contributed by atoms with van der Waals surface area (Å²) in [5.41, 5.74) is 2.54. The van der Waals surface area contributed by atoms with Gasteiger partial charge in [0.05, 0.1) is 0 Å². The zero-order valence-electron chi connectivity index (χ0n) is 15.2. The molecule has 0 spiro atoms. The Hall–Kier alpha value is -1.98. The molecule has 0 bridgehead atoms. The van der Waals surface area contributed by atoms with Crippen LogP contribution >= 0.6 is 0 Å². The van der Waals surface area contributed by atoms with Gasteiger partial charge in [0.2, 0.25) is 0 Å². The maximum Gasteiger partial charge on any atom is 0.0455 e. The van der Waals surface area contributed by atoms with Gasteiger partial charge in [-0.1, -0.05) is 42.9 Å². The first-order valence-corrected chi connectivity index (χ1v) is 9.73. The van der Waals surface area contributed by atoms with Crippen LogP contribution in [0.5, 0.6) is 0 Å². The topological polar surface area (TPSA) is 15.3 Å². The fraction of sp³-hybridized carbons (Fsp3) is 0.478. The summed E-state index contributed by atoms with van der Waals surface area (Å²) in [5, 5.41) is 3.97. The Labute approximate surface area is 152 Å². The van der Waals surface area contributed by atoms with Gasteiger partial charge in [-0.3, -0.25) is 0 Å². The molecule has 0 amide bonds. The molecule has 0 saturated heterocycles. The van der Waals surface area contributed by atoms with Crippen molar-refractivity contribution in [1.82, 2.24) is 10.2 Å². The summed E-state index contributed by atoms with van der Waals surface area (Å²) >= 11 is 0. The number of hydrogen-bond acceptors (Lipinski definition) is 2. The number of nitrogens with one attached hydrogen (secondary N) is 1. The standard InChI is InChI=1S/C23H28N2/c1-19-17-21(10-9-20-7-3-2-4-8-20)13-16-25(19)18-23(14-5-6-15-23)24-22-11-12-22/h2-4,7-8,13,16-17,19,22,24H,5-6,11-12,14-15,18H2,1H3. The first-order chi connectivity index (χ1) is 12.2. The van der Waals surface area contributed by atoms with Crippen molar-refractivity contribution in [2.24, 2.45) is 0 Å². The second kappa shape index (κ2) is 7.10. The quantitative estimate of drug-likeness (QED) is 0.829. The largest absolute Gasteiger partial charge is 0.369 e. The molecular formula is C23H28N2. The first kappa shape index (κ1) is 16.5. The summed E-state index contributed by atoms with van der Waals surface area (Å²) in [6.45, 7) is 3.41. The summed E-state index contributed by atoms with van der Waals surface area (Å²) in [4.78, 5) is 2.49. The van der Waals surface area contributed by atoms with Gasteiger partial charge >= 0.3 is 0 Å². The maximum atomic E-state index is 3.97. The molecule has 2 saturated carbocycles. The molecule has 2 nitrogen and oxygen atoms in total. The van der Waals surface area contributed by atoms with Crippen molar-refractivity contribution < 1.29 is 0 Å². The van der Waals surface area contributed by atoms with E-state index in [1.807, 2.05) is 18.2 Å². The van der Waals surface area contributed by atoms with E-state index < -0.39 is 0 Å². The molecule has 3 aliphatic rings. The minimum Gasteiger partial charge on any atom is -0.369 e. The molecule has 0 radical (unpaired) electrons. The van der Waals surface area contributed by atoms with Crippen molar-refractivity contribution in [3.63, 3.8) is 0 Å². The Morgan fingerprint density at radius 2 is 1.88 bits per heavy atom. The van der Waals surface area contributed by atoms with E-state index in [1.54, 1.807) is 0 Å². The van der Waals surface area contributed by atoms with E-state index >= 15 is 0 Å². The lowest BCUT2D eigenvalue weighted by Gasteiger charge is -2.39.